The van der Waals surface area contributed by atoms with Gasteiger partial charge in [-0.1, -0.05) is 66.6 Å². The van der Waals surface area contributed by atoms with Gasteiger partial charge in [0.05, 0.1) is 19.4 Å². The van der Waals surface area contributed by atoms with Crippen molar-refractivity contribution in [2.75, 3.05) is 18.6 Å². The smallest absolute Gasteiger partial charge is 0.304 e. The van der Waals surface area contributed by atoms with Gasteiger partial charge in [0.1, 0.15) is 5.75 Å². The highest BCUT2D eigenvalue weighted by Crippen LogP contribution is 2.40. The van der Waals surface area contributed by atoms with Crippen LogP contribution in [0.2, 0.25) is 5.02 Å². The number of carboxylic acid groups (broad SMARTS) is 1. The summed E-state index contributed by atoms with van der Waals surface area (Å²) in [5.74, 6) is -1.30. The molecular formula is C28H28ClNO4. The molecule has 0 unspecified atom stereocenters. The molecule has 1 heterocycles. The Morgan fingerprint density at radius 3 is 2.44 bits per heavy atom. The van der Waals surface area contributed by atoms with E-state index in [0.29, 0.717) is 11.6 Å². The van der Waals surface area contributed by atoms with Crippen molar-refractivity contribution < 1.29 is 19.4 Å². The van der Waals surface area contributed by atoms with E-state index >= 15 is 0 Å². The highest BCUT2D eigenvalue weighted by molar-refractivity contribution is 6.31. The first-order chi connectivity index (χ1) is 16.5. The van der Waals surface area contributed by atoms with Gasteiger partial charge in [0.25, 0.3) is 0 Å². The minimum absolute atomic E-state index is 0.169. The number of nitrogens with zero attached hydrogens (tertiary/aromatic N) is 1. The number of carboxylic acids is 1. The van der Waals surface area contributed by atoms with Gasteiger partial charge in [0.2, 0.25) is 5.91 Å². The van der Waals surface area contributed by atoms with E-state index in [1.165, 1.54) is 0 Å². The van der Waals surface area contributed by atoms with Crippen LogP contribution in [0.5, 0.6) is 5.75 Å². The minimum Gasteiger partial charge on any atom is -0.496 e. The van der Waals surface area contributed by atoms with E-state index in [1.54, 1.807) is 18.1 Å². The number of carbonyl (C=O) groups excluding carboxylic acids is 1. The summed E-state index contributed by atoms with van der Waals surface area (Å²) in [6.07, 6.45) is 2.22. The molecular weight excluding hydrogens is 450 g/mol. The Bertz CT molecular complexity index is 1160. The van der Waals surface area contributed by atoms with Gasteiger partial charge in [-0.15, -0.1) is 0 Å². The van der Waals surface area contributed by atoms with Crippen molar-refractivity contribution in [1.29, 1.82) is 0 Å². The maximum Gasteiger partial charge on any atom is 0.304 e. The van der Waals surface area contributed by atoms with Crippen LogP contribution in [0.15, 0.2) is 72.8 Å². The molecule has 176 valence electrons. The molecule has 34 heavy (non-hydrogen) atoms. The van der Waals surface area contributed by atoms with Crippen molar-refractivity contribution in [3.05, 3.63) is 83.4 Å². The first-order valence-corrected chi connectivity index (χ1v) is 11.9. The molecule has 1 N–H and O–H groups in total. The van der Waals surface area contributed by atoms with Crippen molar-refractivity contribution in [1.82, 2.24) is 0 Å². The molecule has 3 aromatic rings. The SMILES string of the molecule is COc1ccccc1-c1ccc(N2CCCC[C@H](c3ccccc3Cl)[C@H](CC(=O)O)C2=O)cc1. The van der Waals surface area contributed by atoms with Gasteiger partial charge in [-0.3, -0.25) is 9.59 Å². The second kappa shape index (κ2) is 10.7. The Morgan fingerprint density at radius 2 is 1.74 bits per heavy atom. The maximum atomic E-state index is 13.8. The zero-order valence-corrected chi connectivity index (χ0v) is 19.9. The summed E-state index contributed by atoms with van der Waals surface area (Å²) in [5, 5.41) is 10.2. The second-order valence-corrected chi connectivity index (χ2v) is 8.97. The van der Waals surface area contributed by atoms with Gasteiger partial charge in [0.15, 0.2) is 0 Å². The topological polar surface area (TPSA) is 66.8 Å². The van der Waals surface area contributed by atoms with E-state index < -0.39 is 11.9 Å². The molecule has 0 saturated carbocycles. The van der Waals surface area contributed by atoms with Gasteiger partial charge in [-0.2, -0.15) is 0 Å². The predicted octanol–water partition coefficient (Wildman–Crippen LogP) is 6.41. The lowest BCUT2D eigenvalue weighted by molar-refractivity contribution is -0.141. The fourth-order valence-electron chi connectivity index (χ4n) is 4.84. The van der Waals surface area contributed by atoms with Gasteiger partial charge >= 0.3 is 5.97 Å². The second-order valence-electron chi connectivity index (χ2n) is 8.57. The number of amides is 1. The normalized spacial score (nSPS) is 18.8. The van der Waals surface area contributed by atoms with E-state index in [2.05, 4.69) is 0 Å². The van der Waals surface area contributed by atoms with Crippen molar-refractivity contribution in [3.8, 4) is 16.9 Å². The van der Waals surface area contributed by atoms with Crippen molar-refractivity contribution in [2.45, 2.75) is 31.6 Å². The zero-order valence-electron chi connectivity index (χ0n) is 19.1. The average Bonchev–Trinajstić information content (AvgIpc) is 2.85. The lowest BCUT2D eigenvalue weighted by Crippen LogP contribution is -2.41. The molecule has 4 rings (SSSR count). The first kappa shape index (κ1) is 23.8. The molecule has 1 aliphatic heterocycles. The van der Waals surface area contributed by atoms with Crippen LogP contribution < -0.4 is 9.64 Å². The molecule has 0 spiro atoms. The first-order valence-electron chi connectivity index (χ1n) is 11.5. The third-order valence-corrected chi connectivity index (χ3v) is 6.86. The summed E-state index contributed by atoms with van der Waals surface area (Å²) < 4.78 is 5.48. The molecule has 1 fully saturated rings. The Labute approximate surface area is 204 Å². The lowest BCUT2D eigenvalue weighted by atomic mass is 9.78. The Morgan fingerprint density at radius 1 is 1.03 bits per heavy atom. The number of aliphatic carboxylic acids is 1. The molecule has 0 aliphatic carbocycles. The number of anilines is 1. The van der Waals surface area contributed by atoms with Crippen LogP contribution in [-0.2, 0) is 9.59 Å². The van der Waals surface area contributed by atoms with Gasteiger partial charge in [-0.25, -0.2) is 0 Å². The van der Waals surface area contributed by atoms with Gasteiger partial charge in [-0.05, 0) is 54.2 Å². The molecule has 0 radical (unpaired) electrons. The molecule has 1 aliphatic rings. The van der Waals surface area contributed by atoms with E-state index in [9.17, 15) is 14.7 Å². The minimum atomic E-state index is -0.984. The zero-order chi connectivity index (χ0) is 24.1. The van der Waals surface area contributed by atoms with Gasteiger partial charge in [0, 0.05) is 22.8 Å². The van der Waals surface area contributed by atoms with E-state index in [1.807, 2.05) is 66.7 Å². The quantitative estimate of drug-likeness (QED) is 0.445. The van der Waals surface area contributed by atoms with Crippen molar-refractivity contribution in [2.24, 2.45) is 5.92 Å². The third kappa shape index (κ3) is 5.10. The summed E-state index contributed by atoms with van der Waals surface area (Å²) in [4.78, 5) is 27.3. The van der Waals surface area contributed by atoms with E-state index in [-0.39, 0.29) is 18.2 Å². The number of carbonyl (C=O) groups is 2. The Hall–Kier alpha value is -3.31. The molecule has 1 saturated heterocycles. The number of methoxy groups -OCH3 is 1. The average molecular weight is 478 g/mol. The number of rotatable bonds is 6. The highest BCUT2D eigenvalue weighted by atomic mass is 35.5. The molecule has 5 nitrogen and oxygen atoms in total. The molecule has 0 aromatic heterocycles. The number of para-hydroxylation sites is 1. The fraction of sp³-hybridized carbons (Fsp3) is 0.286. The van der Waals surface area contributed by atoms with E-state index in [0.717, 1.165) is 47.4 Å². The summed E-state index contributed by atoms with van der Waals surface area (Å²) >= 11 is 6.47. The number of hydrogen-bond donors (Lipinski definition) is 1. The molecule has 2 atom stereocenters. The van der Waals surface area contributed by atoms with Crippen LogP contribution in [0.1, 0.15) is 37.2 Å². The van der Waals surface area contributed by atoms with Crippen LogP contribution >= 0.6 is 11.6 Å². The van der Waals surface area contributed by atoms with Crippen LogP contribution in [0.25, 0.3) is 11.1 Å². The Kier molecular flexibility index (Phi) is 7.53. The standard InChI is InChI=1S/C28H28ClNO4/c1-34-26-12-5-3-8-21(26)19-13-15-20(16-14-19)30-17-7-6-9-22(23-10-2-4-11-25(23)29)24(28(30)33)18-27(31)32/h2-5,8,10-16,22,24H,6-7,9,17-18H2,1H3,(H,31,32)/t22-,24+/m1/s1. The largest absolute Gasteiger partial charge is 0.496 e. The lowest BCUT2D eigenvalue weighted by Gasteiger charge is -2.34. The molecule has 1 amide bonds. The number of benzene rings is 3. The summed E-state index contributed by atoms with van der Waals surface area (Å²) in [5.41, 5.74) is 3.56. The van der Waals surface area contributed by atoms with Crippen LogP contribution in [-0.4, -0.2) is 30.6 Å². The summed E-state index contributed by atoms with van der Waals surface area (Å²) in [6.45, 7) is 0.554. The van der Waals surface area contributed by atoms with Crippen LogP contribution in [0.4, 0.5) is 5.69 Å². The van der Waals surface area contributed by atoms with Crippen molar-refractivity contribution in [3.63, 3.8) is 0 Å². The van der Waals surface area contributed by atoms with E-state index in [4.69, 9.17) is 16.3 Å². The fourth-order valence-corrected chi connectivity index (χ4v) is 5.12. The number of halogens is 1. The predicted molar refractivity (Wildman–Crippen MR) is 135 cm³/mol. The van der Waals surface area contributed by atoms with Gasteiger partial charge < -0.3 is 14.7 Å². The number of hydrogen-bond acceptors (Lipinski definition) is 3. The highest BCUT2D eigenvalue weighted by Gasteiger charge is 2.37. The van der Waals surface area contributed by atoms with Crippen molar-refractivity contribution >= 4 is 29.2 Å². The molecule has 3 aromatic carbocycles. The maximum absolute atomic E-state index is 13.8. The monoisotopic (exact) mass is 477 g/mol. The van der Waals surface area contributed by atoms with Crippen LogP contribution in [0, 0.1) is 5.92 Å². The molecule has 6 heteroatoms. The summed E-state index contributed by atoms with van der Waals surface area (Å²) in [7, 11) is 1.64. The molecule has 0 bridgehead atoms. The number of ether oxygens (including phenoxy) is 1. The third-order valence-electron chi connectivity index (χ3n) is 6.51. The van der Waals surface area contributed by atoms with Crippen LogP contribution in [0.3, 0.4) is 0 Å². The Balaban J connectivity index is 1.67. The summed E-state index contributed by atoms with van der Waals surface area (Å²) in [6, 6.07) is 23.0.